The molecule has 2 rings (SSSR count). The third-order valence-electron chi connectivity index (χ3n) is 3.82. The van der Waals surface area contributed by atoms with Crippen LogP contribution in [0, 0.1) is 10.1 Å². The zero-order valence-corrected chi connectivity index (χ0v) is 13.9. The second-order valence-electron chi connectivity index (χ2n) is 5.76. The Labute approximate surface area is 139 Å². The van der Waals surface area contributed by atoms with Crippen LogP contribution in [-0.2, 0) is 4.79 Å². The maximum Gasteiger partial charge on any atom is 0.289 e. The lowest BCUT2D eigenvalue weighted by molar-refractivity contribution is -0.385. The number of anilines is 1. The van der Waals surface area contributed by atoms with Gasteiger partial charge in [0.05, 0.1) is 16.5 Å². The maximum atomic E-state index is 11.7. The number of hydrogen-bond donors (Lipinski definition) is 1. The lowest BCUT2D eigenvalue weighted by Gasteiger charge is -2.32. The number of likely N-dealkylation sites (tertiary alicyclic amines) is 1. The first kappa shape index (κ1) is 17.4. The fraction of sp³-hybridized carbons (Fsp3) is 0.571. The number of pyridine rings is 1. The highest BCUT2D eigenvalue weighted by Crippen LogP contribution is 2.26. The largest absolute Gasteiger partial charge is 0.366 e. The van der Waals surface area contributed by atoms with Crippen molar-refractivity contribution < 1.29 is 9.72 Å². The number of rotatable bonds is 5. The van der Waals surface area contributed by atoms with E-state index < -0.39 is 4.92 Å². The summed E-state index contributed by atoms with van der Waals surface area (Å²) >= 11 is 6.04. The van der Waals surface area contributed by atoms with Crippen LogP contribution in [0.5, 0.6) is 0 Å². The van der Waals surface area contributed by atoms with E-state index in [1.54, 1.807) is 19.0 Å². The van der Waals surface area contributed by atoms with E-state index in [9.17, 15) is 14.9 Å². The number of halogens is 1. The molecule has 2 heterocycles. The Morgan fingerprint density at radius 2 is 2.17 bits per heavy atom. The van der Waals surface area contributed by atoms with Gasteiger partial charge in [-0.2, -0.15) is 0 Å². The number of amides is 1. The standard InChI is InChI=1S/C14H20ClN5O3/c1-18(2)13(21)9-19-5-3-10(4-6-19)17-14-12(15)7-11(8-16-14)20(22)23/h7-8,10H,3-6,9H2,1-2H3,(H,16,17). The number of nitrogens with one attached hydrogen (secondary N) is 1. The number of carbonyl (C=O) groups is 1. The molecule has 1 aliphatic heterocycles. The molecule has 8 nitrogen and oxygen atoms in total. The summed E-state index contributed by atoms with van der Waals surface area (Å²) in [6.07, 6.45) is 2.91. The smallest absolute Gasteiger partial charge is 0.289 e. The molecule has 0 spiro atoms. The molecule has 0 atom stereocenters. The van der Waals surface area contributed by atoms with Crippen LogP contribution in [0.4, 0.5) is 11.5 Å². The number of nitro groups is 1. The average Bonchev–Trinajstić information content (AvgIpc) is 2.50. The molecule has 0 bridgehead atoms. The van der Waals surface area contributed by atoms with Gasteiger partial charge in [0.25, 0.3) is 5.69 Å². The number of likely N-dealkylation sites (N-methyl/N-ethyl adjacent to an activating group) is 1. The molecule has 0 aromatic carbocycles. The summed E-state index contributed by atoms with van der Waals surface area (Å²) < 4.78 is 0. The van der Waals surface area contributed by atoms with Crippen molar-refractivity contribution in [3.05, 3.63) is 27.4 Å². The van der Waals surface area contributed by atoms with Crippen LogP contribution in [0.3, 0.4) is 0 Å². The van der Waals surface area contributed by atoms with Crippen molar-refractivity contribution in [2.75, 3.05) is 39.0 Å². The molecule has 0 unspecified atom stereocenters. The molecule has 1 aromatic heterocycles. The predicted molar refractivity (Wildman–Crippen MR) is 87.7 cm³/mol. The SMILES string of the molecule is CN(C)C(=O)CN1CCC(Nc2ncc([N+](=O)[O-])cc2Cl)CC1. The Kier molecular flexibility index (Phi) is 5.73. The fourth-order valence-electron chi connectivity index (χ4n) is 2.40. The van der Waals surface area contributed by atoms with E-state index in [-0.39, 0.29) is 22.7 Å². The Balaban J connectivity index is 1.87. The van der Waals surface area contributed by atoms with E-state index in [2.05, 4.69) is 15.2 Å². The van der Waals surface area contributed by atoms with Crippen LogP contribution in [0.2, 0.25) is 5.02 Å². The average molecular weight is 342 g/mol. The van der Waals surface area contributed by atoms with Gasteiger partial charge in [-0.15, -0.1) is 0 Å². The van der Waals surface area contributed by atoms with E-state index >= 15 is 0 Å². The van der Waals surface area contributed by atoms with Gasteiger partial charge in [0, 0.05) is 39.3 Å². The van der Waals surface area contributed by atoms with Gasteiger partial charge < -0.3 is 10.2 Å². The minimum atomic E-state index is -0.525. The normalized spacial score (nSPS) is 16.1. The van der Waals surface area contributed by atoms with Crippen molar-refractivity contribution in [3.8, 4) is 0 Å². The third-order valence-corrected chi connectivity index (χ3v) is 4.11. The highest BCUT2D eigenvalue weighted by atomic mass is 35.5. The first-order valence-electron chi connectivity index (χ1n) is 7.36. The molecular weight excluding hydrogens is 322 g/mol. The van der Waals surface area contributed by atoms with Crippen LogP contribution >= 0.6 is 11.6 Å². The molecule has 0 aliphatic carbocycles. The number of aromatic nitrogens is 1. The van der Waals surface area contributed by atoms with Crippen molar-refractivity contribution in [2.45, 2.75) is 18.9 Å². The van der Waals surface area contributed by atoms with E-state index in [1.807, 2.05) is 0 Å². The minimum absolute atomic E-state index is 0.0940. The van der Waals surface area contributed by atoms with Crippen LogP contribution in [-0.4, -0.2) is 65.4 Å². The summed E-state index contributed by atoms with van der Waals surface area (Å²) in [5.74, 6) is 0.552. The summed E-state index contributed by atoms with van der Waals surface area (Å²) in [6, 6.07) is 1.48. The Morgan fingerprint density at radius 1 is 1.52 bits per heavy atom. The Bertz CT molecular complexity index is 588. The predicted octanol–water partition coefficient (Wildman–Crippen LogP) is 1.61. The lowest BCUT2D eigenvalue weighted by Crippen LogP contribution is -2.44. The molecule has 1 fully saturated rings. The molecule has 1 aliphatic rings. The highest BCUT2D eigenvalue weighted by Gasteiger charge is 2.22. The molecule has 126 valence electrons. The second-order valence-corrected chi connectivity index (χ2v) is 6.17. The third kappa shape index (κ3) is 4.77. The number of piperidine rings is 1. The Morgan fingerprint density at radius 3 is 2.70 bits per heavy atom. The molecule has 1 saturated heterocycles. The zero-order valence-electron chi connectivity index (χ0n) is 13.2. The van der Waals surface area contributed by atoms with Crippen molar-refractivity contribution in [2.24, 2.45) is 0 Å². The second kappa shape index (κ2) is 7.56. The van der Waals surface area contributed by atoms with E-state index in [0.717, 1.165) is 25.9 Å². The van der Waals surface area contributed by atoms with Crippen LogP contribution < -0.4 is 5.32 Å². The fourth-order valence-corrected chi connectivity index (χ4v) is 2.61. The molecule has 1 N–H and O–H groups in total. The van der Waals surface area contributed by atoms with Crippen LogP contribution in [0.1, 0.15) is 12.8 Å². The summed E-state index contributed by atoms with van der Waals surface area (Å²) in [4.78, 5) is 29.6. The lowest BCUT2D eigenvalue weighted by atomic mass is 10.1. The Hall–Kier alpha value is -1.93. The van der Waals surface area contributed by atoms with Gasteiger partial charge in [-0.3, -0.25) is 19.8 Å². The first-order valence-corrected chi connectivity index (χ1v) is 7.73. The van der Waals surface area contributed by atoms with E-state index in [4.69, 9.17) is 11.6 Å². The van der Waals surface area contributed by atoms with Gasteiger partial charge in [0.1, 0.15) is 12.0 Å². The van der Waals surface area contributed by atoms with Gasteiger partial charge in [-0.25, -0.2) is 4.98 Å². The van der Waals surface area contributed by atoms with Crippen molar-refractivity contribution in [1.82, 2.24) is 14.8 Å². The summed E-state index contributed by atoms with van der Waals surface area (Å²) in [5.41, 5.74) is -0.127. The van der Waals surface area contributed by atoms with Gasteiger partial charge in [-0.05, 0) is 12.8 Å². The molecule has 23 heavy (non-hydrogen) atoms. The number of nitrogens with zero attached hydrogens (tertiary/aromatic N) is 4. The molecule has 0 saturated carbocycles. The quantitative estimate of drug-likeness (QED) is 0.646. The number of hydrogen-bond acceptors (Lipinski definition) is 6. The summed E-state index contributed by atoms with van der Waals surface area (Å²) in [6.45, 7) is 2.04. The van der Waals surface area contributed by atoms with Crippen molar-refractivity contribution in [1.29, 1.82) is 0 Å². The number of carbonyl (C=O) groups excluding carboxylic acids is 1. The summed E-state index contributed by atoms with van der Waals surface area (Å²) in [5, 5.41) is 14.1. The van der Waals surface area contributed by atoms with Crippen molar-refractivity contribution >= 4 is 29.0 Å². The molecule has 1 aromatic rings. The zero-order chi connectivity index (χ0) is 17.0. The van der Waals surface area contributed by atoms with Crippen molar-refractivity contribution in [3.63, 3.8) is 0 Å². The van der Waals surface area contributed by atoms with Crippen LogP contribution in [0.25, 0.3) is 0 Å². The molecule has 1 amide bonds. The minimum Gasteiger partial charge on any atom is -0.366 e. The topological polar surface area (TPSA) is 91.6 Å². The van der Waals surface area contributed by atoms with Gasteiger partial charge in [0.15, 0.2) is 0 Å². The molecule has 9 heteroatoms. The van der Waals surface area contributed by atoms with E-state index in [1.165, 1.54) is 12.3 Å². The van der Waals surface area contributed by atoms with Gasteiger partial charge in [0.2, 0.25) is 5.91 Å². The molecule has 0 radical (unpaired) electrons. The highest BCUT2D eigenvalue weighted by molar-refractivity contribution is 6.33. The van der Waals surface area contributed by atoms with Gasteiger partial charge >= 0.3 is 0 Å². The van der Waals surface area contributed by atoms with E-state index in [0.29, 0.717) is 12.4 Å². The maximum absolute atomic E-state index is 11.7. The van der Waals surface area contributed by atoms with Gasteiger partial charge in [-0.1, -0.05) is 11.6 Å². The van der Waals surface area contributed by atoms with Crippen LogP contribution in [0.15, 0.2) is 12.3 Å². The monoisotopic (exact) mass is 341 g/mol. The molecular formula is C14H20ClN5O3. The summed E-state index contributed by atoms with van der Waals surface area (Å²) in [7, 11) is 3.50. The first-order chi connectivity index (χ1) is 10.9.